The van der Waals surface area contributed by atoms with Crippen molar-refractivity contribution in [3.8, 4) is 0 Å². The predicted molar refractivity (Wildman–Crippen MR) is 59.1 cm³/mol. The summed E-state index contributed by atoms with van der Waals surface area (Å²) in [5.41, 5.74) is 0.762. The van der Waals surface area contributed by atoms with Gasteiger partial charge in [-0.1, -0.05) is 11.2 Å². The molecule has 2 heterocycles. The summed E-state index contributed by atoms with van der Waals surface area (Å²) < 4.78 is 40.6. The molecule has 19 heavy (non-hydrogen) atoms. The number of nitrogens with one attached hydrogen (secondary N) is 1. The van der Waals surface area contributed by atoms with E-state index >= 15 is 0 Å². The monoisotopic (exact) mass is 272 g/mol. The van der Waals surface area contributed by atoms with Gasteiger partial charge < -0.3 is 9.84 Å². The van der Waals surface area contributed by atoms with Crippen molar-refractivity contribution in [2.24, 2.45) is 0 Å². The summed E-state index contributed by atoms with van der Waals surface area (Å²) in [6.45, 7) is -1.21. The molecule has 0 saturated carbocycles. The van der Waals surface area contributed by atoms with Crippen molar-refractivity contribution in [3.05, 3.63) is 41.8 Å². The van der Waals surface area contributed by atoms with Crippen molar-refractivity contribution in [2.75, 3.05) is 6.54 Å². The lowest BCUT2D eigenvalue weighted by atomic mass is 10.2. The van der Waals surface area contributed by atoms with E-state index in [0.29, 0.717) is 12.2 Å². The van der Waals surface area contributed by atoms with Crippen LogP contribution < -0.4 is 5.32 Å². The lowest BCUT2D eigenvalue weighted by Gasteiger charge is -2.05. The van der Waals surface area contributed by atoms with E-state index in [0.717, 1.165) is 5.69 Å². The van der Waals surface area contributed by atoms with Gasteiger partial charge in [0.05, 0.1) is 19.5 Å². The highest BCUT2D eigenvalue weighted by molar-refractivity contribution is 5.09. The van der Waals surface area contributed by atoms with Gasteiger partial charge in [-0.3, -0.25) is 4.98 Å². The molecule has 0 spiro atoms. The lowest BCUT2D eigenvalue weighted by molar-refractivity contribution is -0.125. The maximum atomic E-state index is 11.9. The number of hydrogen-bond donors (Lipinski definition) is 1. The highest BCUT2D eigenvalue weighted by atomic mass is 19.4. The third-order valence-corrected chi connectivity index (χ3v) is 2.18. The van der Waals surface area contributed by atoms with Crippen molar-refractivity contribution in [3.63, 3.8) is 0 Å². The molecule has 2 aromatic heterocycles. The molecule has 0 unspecified atom stereocenters. The summed E-state index contributed by atoms with van der Waals surface area (Å²) in [5.74, 6) is 0.512. The molecule has 0 saturated heterocycles. The summed E-state index contributed by atoms with van der Waals surface area (Å²) in [7, 11) is 0. The van der Waals surface area contributed by atoms with Gasteiger partial charge in [0.2, 0.25) is 5.89 Å². The second-order valence-corrected chi connectivity index (χ2v) is 3.82. The van der Waals surface area contributed by atoms with Crippen LogP contribution in [0.3, 0.4) is 0 Å². The Labute approximate surface area is 106 Å². The minimum absolute atomic E-state index is 0.116. The first-order valence-electron chi connectivity index (χ1n) is 5.52. The highest BCUT2D eigenvalue weighted by Crippen LogP contribution is 2.12. The molecule has 0 aromatic carbocycles. The second kappa shape index (κ2) is 5.79. The zero-order chi connectivity index (χ0) is 13.7. The average molecular weight is 272 g/mol. The summed E-state index contributed by atoms with van der Waals surface area (Å²) >= 11 is 0. The van der Waals surface area contributed by atoms with Crippen LogP contribution in [0, 0.1) is 0 Å². The standard InChI is InChI=1S/C11H11F3N4O/c12-11(13,14)7-15-6-10-17-9(18-19-10)5-8-3-1-2-4-16-8/h1-4,15H,5-7H2. The Balaban J connectivity index is 1.86. The fraction of sp³-hybridized carbons (Fsp3) is 0.364. The molecule has 1 N–H and O–H groups in total. The van der Waals surface area contributed by atoms with Gasteiger partial charge in [-0.15, -0.1) is 0 Å². The van der Waals surface area contributed by atoms with Gasteiger partial charge in [-0.05, 0) is 12.1 Å². The quantitative estimate of drug-likeness (QED) is 0.897. The van der Waals surface area contributed by atoms with E-state index in [1.165, 1.54) is 0 Å². The van der Waals surface area contributed by atoms with Crippen LogP contribution in [0.5, 0.6) is 0 Å². The fourth-order valence-electron chi connectivity index (χ4n) is 1.41. The summed E-state index contributed by atoms with van der Waals surface area (Å²) in [5, 5.41) is 5.86. The van der Waals surface area contributed by atoms with Gasteiger partial charge in [0.1, 0.15) is 0 Å². The number of alkyl halides is 3. The number of hydrogen-bond acceptors (Lipinski definition) is 5. The summed E-state index contributed by atoms with van der Waals surface area (Å²) in [4.78, 5) is 8.07. The van der Waals surface area contributed by atoms with E-state index in [4.69, 9.17) is 4.52 Å². The van der Waals surface area contributed by atoms with E-state index in [1.807, 2.05) is 6.07 Å². The molecule has 0 aliphatic heterocycles. The molecule has 0 bridgehead atoms. The van der Waals surface area contributed by atoms with Gasteiger partial charge in [0.25, 0.3) is 0 Å². The molecule has 0 radical (unpaired) electrons. The maximum absolute atomic E-state index is 11.9. The van der Waals surface area contributed by atoms with E-state index < -0.39 is 12.7 Å². The van der Waals surface area contributed by atoms with Crippen LogP contribution in [0.1, 0.15) is 17.4 Å². The fourth-order valence-corrected chi connectivity index (χ4v) is 1.41. The number of aromatic nitrogens is 3. The zero-order valence-electron chi connectivity index (χ0n) is 9.81. The molecule has 2 rings (SSSR count). The van der Waals surface area contributed by atoms with E-state index in [1.54, 1.807) is 18.3 Å². The highest BCUT2D eigenvalue weighted by Gasteiger charge is 2.26. The smallest absolute Gasteiger partial charge is 0.338 e. The minimum atomic E-state index is -4.25. The first kappa shape index (κ1) is 13.5. The van der Waals surface area contributed by atoms with E-state index in [2.05, 4.69) is 20.4 Å². The van der Waals surface area contributed by atoms with Gasteiger partial charge in [0, 0.05) is 11.9 Å². The minimum Gasteiger partial charge on any atom is -0.338 e. The van der Waals surface area contributed by atoms with Crippen molar-refractivity contribution in [1.82, 2.24) is 20.4 Å². The maximum Gasteiger partial charge on any atom is 0.401 e. The van der Waals surface area contributed by atoms with Crippen molar-refractivity contribution < 1.29 is 17.7 Å². The second-order valence-electron chi connectivity index (χ2n) is 3.82. The molecule has 2 aromatic rings. The van der Waals surface area contributed by atoms with Crippen molar-refractivity contribution in [1.29, 1.82) is 0 Å². The van der Waals surface area contributed by atoms with Crippen LogP contribution in [0.2, 0.25) is 0 Å². The molecule has 0 aliphatic rings. The Morgan fingerprint density at radius 3 is 2.79 bits per heavy atom. The third kappa shape index (κ3) is 4.66. The molecule has 0 atom stereocenters. The Morgan fingerprint density at radius 2 is 2.11 bits per heavy atom. The van der Waals surface area contributed by atoms with E-state index in [9.17, 15) is 13.2 Å². The van der Waals surface area contributed by atoms with Crippen LogP contribution in [-0.4, -0.2) is 27.8 Å². The van der Waals surface area contributed by atoms with E-state index in [-0.39, 0.29) is 12.4 Å². The van der Waals surface area contributed by atoms with Crippen LogP contribution in [-0.2, 0) is 13.0 Å². The predicted octanol–water partition coefficient (Wildman–Crippen LogP) is 1.71. The Hall–Kier alpha value is -1.96. The molecule has 0 fully saturated rings. The van der Waals surface area contributed by atoms with Crippen LogP contribution in [0.4, 0.5) is 13.2 Å². The number of rotatable bonds is 5. The molecule has 0 amide bonds. The molecule has 102 valence electrons. The van der Waals surface area contributed by atoms with Crippen molar-refractivity contribution in [2.45, 2.75) is 19.1 Å². The molecule has 5 nitrogen and oxygen atoms in total. The Bertz CT molecular complexity index is 512. The first-order chi connectivity index (χ1) is 9.03. The van der Waals surface area contributed by atoms with Gasteiger partial charge in [-0.2, -0.15) is 18.2 Å². The molecule has 0 aliphatic carbocycles. The largest absolute Gasteiger partial charge is 0.401 e. The van der Waals surface area contributed by atoms with Crippen LogP contribution in [0.25, 0.3) is 0 Å². The molecular weight excluding hydrogens is 261 g/mol. The Kier molecular flexibility index (Phi) is 4.10. The number of pyridine rings is 1. The van der Waals surface area contributed by atoms with Crippen LogP contribution in [0.15, 0.2) is 28.9 Å². The summed E-state index contributed by atoms with van der Waals surface area (Å²) in [6.07, 6.45) is -2.23. The van der Waals surface area contributed by atoms with Crippen LogP contribution >= 0.6 is 0 Å². The molecule has 8 heteroatoms. The topological polar surface area (TPSA) is 63.8 Å². The lowest BCUT2D eigenvalue weighted by Crippen LogP contribution is -2.28. The normalized spacial score (nSPS) is 11.7. The zero-order valence-corrected chi connectivity index (χ0v) is 9.81. The van der Waals surface area contributed by atoms with Gasteiger partial charge in [-0.25, -0.2) is 0 Å². The summed E-state index contributed by atoms with van der Waals surface area (Å²) in [6, 6.07) is 5.42. The average Bonchev–Trinajstić information content (AvgIpc) is 2.76. The van der Waals surface area contributed by atoms with Gasteiger partial charge >= 0.3 is 6.18 Å². The molecular formula is C11H11F3N4O. The number of nitrogens with zero attached hydrogens (tertiary/aromatic N) is 3. The van der Waals surface area contributed by atoms with Crippen molar-refractivity contribution >= 4 is 0 Å². The van der Waals surface area contributed by atoms with Gasteiger partial charge in [0.15, 0.2) is 5.82 Å². The first-order valence-corrected chi connectivity index (χ1v) is 5.52. The Morgan fingerprint density at radius 1 is 1.26 bits per heavy atom. The SMILES string of the molecule is FC(F)(F)CNCc1nc(Cc2ccccn2)no1. The number of halogens is 3. The third-order valence-electron chi connectivity index (χ3n) is 2.18.